The number of imide groups is 1. The first-order chi connectivity index (χ1) is 13.5. The molecule has 5 nitrogen and oxygen atoms in total. The molecule has 144 valence electrons. The number of halogens is 3. The lowest BCUT2D eigenvalue weighted by molar-refractivity contribution is -0.121. The van der Waals surface area contributed by atoms with Crippen molar-refractivity contribution in [1.29, 1.82) is 0 Å². The van der Waals surface area contributed by atoms with Crippen LogP contribution in [0.5, 0.6) is 0 Å². The van der Waals surface area contributed by atoms with Crippen molar-refractivity contribution in [1.82, 2.24) is 4.90 Å². The highest BCUT2D eigenvalue weighted by Crippen LogP contribution is 2.38. The molecule has 0 spiro atoms. The molecule has 0 radical (unpaired) electrons. The smallest absolute Gasteiger partial charge is 0.282 e. The molecule has 0 aliphatic carbocycles. The van der Waals surface area contributed by atoms with E-state index in [2.05, 4.69) is 0 Å². The molecule has 0 aromatic heterocycles. The first kappa shape index (κ1) is 18.9. The molecular formula is C20H15Cl2FN2O3. The fraction of sp³-hybridized carbons (Fsp3) is 0.200. The van der Waals surface area contributed by atoms with Gasteiger partial charge in [-0.25, -0.2) is 9.29 Å². The average molecular weight is 421 g/mol. The Bertz CT molecular complexity index is 1000. The van der Waals surface area contributed by atoms with Gasteiger partial charge in [0, 0.05) is 23.7 Å². The Balaban J connectivity index is 1.88. The Kier molecular flexibility index (Phi) is 5.10. The fourth-order valence-electron chi connectivity index (χ4n) is 3.39. The number of benzene rings is 2. The van der Waals surface area contributed by atoms with Crippen molar-refractivity contribution in [2.24, 2.45) is 0 Å². The molecule has 0 atom stereocenters. The normalized spacial score (nSPS) is 17.7. The Labute approximate surface area is 170 Å². The van der Waals surface area contributed by atoms with E-state index >= 15 is 0 Å². The largest absolute Gasteiger partial charge is 0.378 e. The minimum atomic E-state index is -0.658. The number of hydrogen-bond acceptors (Lipinski definition) is 4. The molecule has 28 heavy (non-hydrogen) atoms. The molecule has 2 aromatic rings. The summed E-state index contributed by atoms with van der Waals surface area (Å²) in [5.41, 5.74) is 0.616. The van der Waals surface area contributed by atoms with E-state index in [0.29, 0.717) is 36.9 Å². The van der Waals surface area contributed by atoms with Crippen LogP contribution in [0.3, 0.4) is 0 Å². The van der Waals surface area contributed by atoms with Gasteiger partial charge >= 0.3 is 0 Å². The van der Waals surface area contributed by atoms with Crippen LogP contribution in [-0.4, -0.2) is 43.0 Å². The predicted octanol–water partition coefficient (Wildman–Crippen LogP) is 3.75. The first-order valence-electron chi connectivity index (χ1n) is 8.64. The summed E-state index contributed by atoms with van der Waals surface area (Å²) < 4.78 is 19.7. The molecule has 1 saturated heterocycles. The minimum Gasteiger partial charge on any atom is -0.378 e. The Morgan fingerprint density at radius 3 is 2.36 bits per heavy atom. The quantitative estimate of drug-likeness (QED) is 0.709. The van der Waals surface area contributed by atoms with E-state index in [-0.39, 0.29) is 22.0 Å². The average Bonchev–Trinajstić information content (AvgIpc) is 2.93. The zero-order chi connectivity index (χ0) is 19.8. The van der Waals surface area contributed by atoms with E-state index in [0.717, 1.165) is 4.90 Å². The van der Waals surface area contributed by atoms with E-state index in [1.165, 1.54) is 24.3 Å². The molecule has 2 aliphatic rings. The molecule has 2 heterocycles. The number of amides is 2. The van der Waals surface area contributed by atoms with Crippen LogP contribution in [0.4, 0.5) is 10.1 Å². The lowest BCUT2D eigenvalue weighted by Crippen LogP contribution is -2.40. The number of morpholine rings is 1. The van der Waals surface area contributed by atoms with Gasteiger partial charge in [-0.3, -0.25) is 9.59 Å². The molecule has 1 fully saturated rings. The summed E-state index contributed by atoms with van der Waals surface area (Å²) in [5.74, 6) is -1.87. The highest BCUT2D eigenvalue weighted by Gasteiger charge is 2.44. The summed E-state index contributed by atoms with van der Waals surface area (Å²) in [6.45, 7) is 1.72. The van der Waals surface area contributed by atoms with Crippen LogP contribution >= 0.6 is 23.2 Å². The minimum absolute atomic E-state index is 0.0941. The van der Waals surface area contributed by atoms with Gasteiger partial charge < -0.3 is 9.64 Å². The zero-order valence-corrected chi connectivity index (χ0v) is 16.1. The van der Waals surface area contributed by atoms with Crippen LogP contribution in [-0.2, 0) is 14.3 Å². The number of carbonyl (C=O) groups excluding carboxylic acids is 2. The maximum Gasteiger partial charge on any atom is 0.282 e. The number of hydrogen-bond donors (Lipinski definition) is 0. The monoisotopic (exact) mass is 420 g/mol. The Morgan fingerprint density at radius 2 is 1.68 bits per heavy atom. The van der Waals surface area contributed by atoms with E-state index in [9.17, 15) is 14.0 Å². The summed E-state index contributed by atoms with van der Waals surface area (Å²) in [6, 6.07) is 10.4. The zero-order valence-electron chi connectivity index (χ0n) is 14.6. The summed E-state index contributed by atoms with van der Waals surface area (Å²) in [7, 11) is 0. The number of nitrogens with zero attached hydrogens (tertiary/aromatic N) is 2. The van der Waals surface area contributed by atoms with Crippen molar-refractivity contribution in [3.8, 4) is 0 Å². The third kappa shape index (κ3) is 3.17. The van der Waals surface area contributed by atoms with Crippen LogP contribution in [0.25, 0.3) is 5.57 Å². The molecule has 8 heteroatoms. The van der Waals surface area contributed by atoms with Gasteiger partial charge in [0.1, 0.15) is 11.5 Å². The summed E-state index contributed by atoms with van der Waals surface area (Å²) in [6.07, 6.45) is 0. The van der Waals surface area contributed by atoms with Gasteiger partial charge in [-0.1, -0.05) is 41.4 Å². The van der Waals surface area contributed by atoms with Crippen LogP contribution in [0.15, 0.2) is 48.2 Å². The predicted molar refractivity (Wildman–Crippen MR) is 105 cm³/mol. The molecule has 2 aliphatic heterocycles. The third-order valence-electron chi connectivity index (χ3n) is 4.68. The molecule has 2 aromatic carbocycles. The Morgan fingerprint density at radius 1 is 0.964 bits per heavy atom. The van der Waals surface area contributed by atoms with E-state index in [4.69, 9.17) is 27.9 Å². The second-order valence-corrected chi connectivity index (χ2v) is 7.19. The number of rotatable bonds is 3. The van der Waals surface area contributed by atoms with Crippen LogP contribution < -0.4 is 4.90 Å². The topological polar surface area (TPSA) is 49.9 Å². The summed E-state index contributed by atoms with van der Waals surface area (Å²) in [5, 5.41) is 0.648. The van der Waals surface area contributed by atoms with Gasteiger partial charge in [-0.05, 0) is 24.3 Å². The molecule has 0 N–H and O–H groups in total. The molecule has 0 bridgehead atoms. The highest BCUT2D eigenvalue weighted by atomic mass is 35.5. The van der Waals surface area contributed by atoms with E-state index in [1.807, 2.05) is 0 Å². The summed E-state index contributed by atoms with van der Waals surface area (Å²) >= 11 is 12.3. The second-order valence-electron chi connectivity index (χ2n) is 6.34. The van der Waals surface area contributed by atoms with E-state index < -0.39 is 17.6 Å². The van der Waals surface area contributed by atoms with Gasteiger partial charge in [0.15, 0.2) is 0 Å². The molecule has 4 rings (SSSR count). The van der Waals surface area contributed by atoms with Crippen molar-refractivity contribution in [2.45, 2.75) is 0 Å². The van der Waals surface area contributed by atoms with Crippen molar-refractivity contribution < 1.29 is 18.7 Å². The van der Waals surface area contributed by atoms with Crippen molar-refractivity contribution >= 4 is 46.3 Å². The Hall–Kier alpha value is -2.41. The second kappa shape index (κ2) is 7.54. The highest BCUT2D eigenvalue weighted by molar-refractivity contribution is 6.47. The van der Waals surface area contributed by atoms with Gasteiger partial charge in [0.2, 0.25) is 0 Å². The molecule has 0 unspecified atom stereocenters. The lowest BCUT2D eigenvalue weighted by atomic mass is 10.0. The molecular weight excluding hydrogens is 406 g/mol. The van der Waals surface area contributed by atoms with E-state index in [1.54, 1.807) is 23.1 Å². The van der Waals surface area contributed by atoms with Gasteiger partial charge in [0.25, 0.3) is 11.8 Å². The van der Waals surface area contributed by atoms with Crippen molar-refractivity contribution in [3.63, 3.8) is 0 Å². The fourth-order valence-corrected chi connectivity index (χ4v) is 3.89. The maximum absolute atomic E-state index is 14.4. The van der Waals surface area contributed by atoms with Gasteiger partial charge in [0.05, 0.1) is 29.5 Å². The lowest BCUT2D eigenvalue weighted by Gasteiger charge is -2.29. The third-order valence-corrected chi connectivity index (χ3v) is 5.23. The maximum atomic E-state index is 14.4. The first-order valence-corrected chi connectivity index (χ1v) is 9.40. The van der Waals surface area contributed by atoms with Crippen molar-refractivity contribution in [2.75, 3.05) is 31.2 Å². The van der Waals surface area contributed by atoms with Gasteiger partial charge in [-0.15, -0.1) is 0 Å². The molecule has 2 amide bonds. The SMILES string of the molecule is O=C1C(c2ccc(Cl)cc2Cl)=C(N2CCOCC2)C(=O)N1c1ccccc1F. The van der Waals surface area contributed by atoms with Crippen LogP contribution in [0.2, 0.25) is 10.0 Å². The standard InChI is InChI=1S/C20H15Cl2FN2O3/c21-12-5-6-13(14(22)11-12)17-18(24-7-9-28-10-8-24)20(27)25(19(17)26)16-4-2-1-3-15(16)23/h1-6,11H,7-10H2. The number of para-hydroxylation sites is 1. The number of carbonyl (C=O) groups is 2. The van der Waals surface area contributed by atoms with Crippen molar-refractivity contribution in [3.05, 3.63) is 69.6 Å². The molecule has 0 saturated carbocycles. The number of anilines is 1. The van der Waals surface area contributed by atoms with Gasteiger partial charge in [-0.2, -0.15) is 0 Å². The van der Waals surface area contributed by atoms with Crippen LogP contribution in [0.1, 0.15) is 5.56 Å². The summed E-state index contributed by atoms with van der Waals surface area (Å²) in [4.78, 5) is 29.2. The van der Waals surface area contributed by atoms with Crippen LogP contribution in [0, 0.1) is 5.82 Å². The number of ether oxygens (including phenoxy) is 1.